The monoisotopic (exact) mass is 702 g/mol. The highest BCUT2D eigenvalue weighted by molar-refractivity contribution is 8.01. The van der Waals surface area contributed by atoms with Crippen molar-refractivity contribution in [1.82, 2.24) is 5.32 Å². The van der Waals surface area contributed by atoms with E-state index in [9.17, 15) is 27.4 Å². The molecule has 0 radical (unpaired) electrons. The van der Waals surface area contributed by atoms with Crippen LogP contribution in [0.15, 0.2) is 58.3 Å². The maximum atomic E-state index is 13.3. The standard InChI is InChI=1S/C38H58N2O6S2/c1-5-6-7-8-9-10-11-12-13-14-15-16-17-18-19-23-28-39-36(42)32-29-31(26-27-33(32)48(44,45)46)47-34(35(41)38(2,3)4)37(43)40-30-24-21-20-22-25-30/h20-22,24-27,29,34H,5-19,23,28H2,1-4H3,(H,39,42)(H,40,43)(H,44,45,46). The molecule has 0 aliphatic rings. The second-order valence-electron chi connectivity index (χ2n) is 13.7. The number of Topliss-reactive ketones (excluding diaryl/α,β-unsaturated/α-hetero) is 1. The van der Waals surface area contributed by atoms with Crippen LogP contribution in [0.2, 0.25) is 0 Å². The minimum Gasteiger partial charge on any atom is -0.352 e. The fourth-order valence-corrected chi connectivity index (χ4v) is 7.34. The van der Waals surface area contributed by atoms with Crippen LogP contribution in [-0.2, 0) is 19.7 Å². The fraction of sp³-hybridized carbons (Fsp3) is 0.605. The van der Waals surface area contributed by atoms with Crippen LogP contribution in [0, 0.1) is 5.41 Å². The highest BCUT2D eigenvalue weighted by Gasteiger charge is 2.36. The number of benzene rings is 2. The van der Waals surface area contributed by atoms with Crippen molar-refractivity contribution in [3.8, 4) is 0 Å². The van der Waals surface area contributed by atoms with Crippen LogP contribution >= 0.6 is 11.8 Å². The maximum absolute atomic E-state index is 13.3. The summed E-state index contributed by atoms with van der Waals surface area (Å²) in [5.41, 5.74) is -0.539. The number of thioether (sulfide) groups is 1. The Hall–Kier alpha value is -2.69. The summed E-state index contributed by atoms with van der Waals surface area (Å²) < 4.78 is 34.1. The molecular weight excluding hydrogens is 645 g/mol. The van der Waals surface area contributed by atoms with Crippen LogP contribution in [0.5, 0.6) is 0 Å². The number of nitrogens with one attached hydrogen (secondary N) is 2. The van der Waals surface area contributed by atoms with Gasteiger partial charge < -0.3 is 10.6 Å². The summed E-state index contributed by atoms with van der Waals surface area (Å²) in [5, 5.41) is 4.38. The van der Waals surface area contributed by atoms with Gasteiger partial charge in [-0.25, -0.2) is 0 Å². The Labute approximate surface area is 293 Å². The van der Waals surface area contributed by atoms with Gasteiger partial charge in [-0.3, -0.25) is 18.9 Å². The average molecular weight is 703 g/mol. The van der Waals surface area contributed by atoms with Crippen LogP contribution in [0.3, 0.4) is 0 Å². The number of rotatable bonds is 24. The van der Waals surface area contributed by atoms with Crippen molar-refractivity contribution in [3.63, 3.8) is 0 Å². The Balaban J connectivity index is 1.86. The van der Waals surface area contributed by atoms with Crippen LogP contribution in [0.4, 0.5) is 5.69 Å². The lowest BCUT2D eigenvalue weighted by Gasteiger charge is -2.24. The van der Waals surface area contributed by atoms with E-state index in [1.807, 2.05) is 6.07 Å². The fourth-order valence-electron chi connectivity index (χ4n) is 5.44. The number of hydrogen-bond acceptors (Lipinski definition) is 6. The van der Waals surface area contributed by atoms with E-state index < -0.39 is 37.5 Å². The number of carbonyl (C=O) groups excluding carboxylic acids is 3. The molecule has 0 aliphatic carbocycles. The molecule has 0 spiro atoms. The molecule has 10 heteroatoms. The predicted molar refractivity (Wildman–Crippen MR) is 197 cm³/mol. The minimum atomic E-state index is -4.70. The molecule has 1 atom stereocenters. The molecule has 8 nitrogen and oxygen atoms in total. The molecule has 0 aromatic heterocycles. The summed E-state index contributed by atoms with van der Waals surface area (Å²) in [5.74, 6) is -1.49. The minimum absolute atomic E-state index is 0.232. The molecule has 3 N–H and O–H groups in total. The Kier molecular flexibility index (Phi) is 19.1. The average Bonchev–Trinajstić information content (AvgIpc) is 3.04. The van der Waals surface area contributed by atoms with E-state index in [4.69, 9.17) is 0 Å². The summed E-state index contributed by atoms with van der Waals surface area (Å²) in [6.45, 7) is 7.78. The first-order valence-electron chi connectivity index (χ1n) is 17.8. The zero-order chi connectivity index (χ0) is 35.4. The van der Waals surface area contributed by atoms with Gasteiger partial charge in [0.05, 0.1) is 5.56 Å². The van der Waals surface area contributed by atoms with E-state index in [1.165, 1.54) is 89.2 Å². The zero-order valence-electron chi connectivity index (χ0n) is 29.5. The van der Waals surface area contributed by atoms with Gasteiger partial charge in [0.2, 0.25) is 5.91 Å². The van der Waals surface area contributed by atoms with Crippen LogP contribution in [-0.4, -0.2) is 42.4 Å². The van der Waals surface area contributed by atoms with Gasteiger partial charge in [-0.15, -0.1) is 11.8 Å². The van der Waals surface area contributed by atoms with Gasteiger partial charge in [-0.2, -0.15) is 8.42 Å². The molecule has 0 fully saturated rings. The number of ketones is 1. The van der Waals surface area contributed by atoms with Gasteiger partial charge in [0.25, 0.3) is 16.0 Å². The molecule has 2 amide bonds. The summed E-state index contributed by atoms with van der Waals surface area (Å²) in [6, 6.07) is 12.6. The van der Waals surface area contributed by atoms with Crippen molar-refractivity contribution in [1.29, 1.82) is 0 Å². The van der Waals surface area contributed by atoms with Crippen molar-refractivity contribution in [3.05, 3.63) is 54.1 Å². The topological polar surface area (TPSA) is 130 Å². The number of anilines is 1. The lowest BCUT2D eigenvalue weighted by molar-refractivity contribution is -0.129. The van der Waals surface area contributed by atoms with Gasteiger partial charge in [-0.1, -0.05) is 142 Å². The Bertz CT molecular complexity index is 1370. The highest BCUT2D eigenvalue weighted by Crippen LogP contribution is 2.33. The second-order valence-corrected chi connectivity index (χ2v) is 16.2. The molecule has 0 bridgehead atoms. The van der Waals surface area contributed by atoms with Gasteiger partial charge in [-0.05, 0) is 36.8 Å². The molecule has 1 unspecified atom stereocenters. The Morgan fingerprint density at radius 1 is 0.750 bits per heavy atom. The molecule has 0 aliphatic heterocycles. The van der Waals surface area contributed by atoms with Crippen LogP contribution in [0.25, 0.3) is 0 Å². The first kappa shape index (κ1) is 41.5. The van der Waals surface area contributed by atoms with E-state index in [0.29, 0.717) is 17.1 Å². The number of para-hydroxylation sites is 1. The van der Waals surface area contributed by atoms with Gasteiger partial charge in [0.1, 0.15) is 10.1 Å². The van der Waals surface area contributed by atoms with E-state index >= 15 is 0 Å². The van der Waals surface area contributed by atoms with Crippen LogP contribution in [0.1, 0.15) is 141 Å². The van der Waals surface area contributed by atoms with Gasteiger partial charge >= 0.3 is 0 Å². The molecule has 0 heterocycles. The third-order valence-electron chi connectivity index (χ3n) is 8.30. The largest absolute Gasteiger partial charge is 0.352 e. The summed E-state index contributed by atoms with van der Waals surface area (Å²) in [4.78, 5) is 39.6. The normalized spacial score (nSPS) is 12.4. The molecular formula is C38H58N2O6S2. The Morgan fingerprint density at radius 3 is 1.73 bits per heavy atom. The predicted octanol–water partition coefficient (Wildman–Crippen LogP) is 9.64. The third kappa shape index (κ3) is 16.1. The SMILES string of the molecule is CCCCCCCCCCCCCCCCCCNC(=O)c1cc(SC(C(=O)Nc2ccccc2)C(=O)C(C)(C)C)ccc1S(=O)(=O)O. The number of carbonyl (C=O) groups is 3. The Morgan fingerprint density at radius 2 is 1.25 bits per heavy atom. The van der Waals surface area contributed by atoms with E-state index in [-0.39, 0.29) is 11.3 Å². The molecule has 48 heavy (non-hydrogen) atoms. The lowest BCUT2D eigenvalue weighted by atomic mass is 9.88. The van der Waals surface area contributed by atoms with Crippen molar-refractivity contribution >= 4 is 45.2 Å². The summed E-state index contributed by atoms with van der Waals surface area (Å²) >= 11 is 0.935. The second kappa shape index (κ2) is 22.1. The smallest absolute Gasteiger partial charge is 0.295 e. The lowest BCUT2D eigenvalue weighted by Crippen LogP contribution is -2.39. The number of amides is 2. The van der Waals surface area contributed by atoms with E-state index in [1.54, 1.807) is 45.0 Å². The van der Waals surface area contributed by atoms with E-state index in [0.717, 1.165) is 43.5 Å². The first-order valence-corrected chi connectivity index (χ1v) is 20.1. The zero-order valence-corrected chi connectivity index (χ0v) is 31.2. The summed E-state index contributed by atoms with van der Waals surface area (Å²) in [7, 11) is -4.70. The van der Waals surface area contributed by atoms with Gasteiger partial charge in [0.15, 0.2) is 5.78 Å². The van der Waals surface area contributed by atoms with Crippen LogP contribution < -0.4 is 10.6 Å². The maximum Gasteiger partial charge on any atom is 0.295 e. The third-order valence-corrected chi connectivity index (χ3v) is 10.4. The van der Waals surface area contributed by atoms with Gasteiger partial charge in [0, 0.05) is 22.5 Å². The molecule has 2 rings (SSSR count). The molecule has 0 saturated heterocycles. The van der Waals surface area contributed by atoms with Crippen molar-refractivity contribution < 1.29 is 27.4 Å². The molecule has 0 saturated carbocycles. The highest BCUT2D eigenvalue weighted by atomic mass is 32.2. The number of hydrogen-bond donors (Lipinski definition) is 3. The van der Waals surface area contributed by atoms with Crippen molar-refractivity contribution in [2.75, 3.05) is 11.9 Å². The molecule has 268 valence electrons. The quantitative estimate of drug-likeness (QED) is 0.0430. The molecule has 2 aromatic carbocycles. The van der Waals surface area contributed by atoms with Crippen molar-refractivity contribution in [2.24, 2.45) is 5.41 Å². The van der Waals surface area contributed by atoms with E-state index in [2.05, 4.69) is 17.6 Å². The first-order chi connectivity index (χ1) is 22.8. The molecule has 2 aromatic rings. The summed E-state index contributed by atoms with van der Waals surface area (Å²) in [6.07, 6.45) is 19.9. The van der Waals surface area contributed by atoms with Crippen molar-refractivity contribution in [2.45, 2.75) is 145 Å². The number of unbranched alkanes of at least 4 members (excludes halogenated alkanes) is 15.